The van der Waals surface area contributed by atoms with Gasteiger partial charge in [-0.1, -0.05) is 62.4 Å². The number of carbonyl (C=O) groups excluding carboxylic acids is 2. The van der Waals surface area contributed by atoms with Gasteiger partial charge in [-0.05, 0) is 72.1 Å². The van der Waals surface area contributed by atoms with E-state index in [1.165, 1.54) is 32.1 Å². The largest absolute Gasteiger partial charge is 0.480 e. The summed E-state index contributed by atoms with van der Waals surface area (Å²) in [6, 6.07) is 12.5. The number of rotatable bonds is 12. The lowest BCUT2D eigenvalue weighted by atomic mass is 9.87. The molecule has 1 aliphatic carbocycles. The zero-order valence-electron chi connectivity index (χ0n) is 23.7. The fraction of sp³-hybridized carbons (Fsp3) is 0.516. The minimum absolute atomic E-state index is 0.0248. The number of nitrogens with zero attached hydrogens (tertiary/aromatic N) is 2. The Hall–Kier alpha value is -3.00. The molecule has 0 aromatic heterocycles. The minimum atomic E-state index is -1.04. The number of hydrogen-bond acceptors (Lipinski definition) is 4. The molecule has 0 aliphatic heterocycles. The number of urea groups is 1. The van der Waals surface area contributed by atoms with Crippen molar-refractivity contribution in [3.63, 3.8) is 0 Å². The van der Waals surface area contributed by atoms with E-state index in [0.717, 1.165) is 28.7 Å². The summed E-state index contributed by atoms with van der Waals surface area (Å²) in [5.41, 5.74) is 4.02. The molecular weight excluding hydrogens is 510 g/mol. The number of hydrogen-bond donors (Lipinski definition) is 2. The van der Waals surface area contributed by atoms with Crippen LogP contribution < -0.4 is 5.32 Å². The summed E-state index contributed by atoms with van der Waals surface area (Å²) in [5, 5.41) is 12.4. The second-order valence-corrected chi connectivity index (χ2v) is 11.7. The molecule has 3 amide bonds. The van der Waals surface area contributed by atoms with Crippen LogP contribution in [-0.4, -0.2) is 71.5 Å². The van der Waals surface area contributed by atoms with Gasteiger partial charge in [0.2, 0.25) is 0 Å². The molecule has 3 rings (SSSR count). The molecule has 1 saturated carbocycles. The number of carbonyl (C=O) groups is 3. The van der Waals surface area contributed by atoms with Crippen molar-refractivity contribution in [1.29, 1.82) is 0 Å². The highest BCUT2D eigenvalue weighted by atomic mass is 32.2. The molecule has 0 radical (unpaired) electrons. The Morgan fingerprint density at radius 2 is 1.77 bits per heavy atom. The summed E-state index contributed by atoms with van der Waals surface area (Å²) < 4.78 is 0. The van der Waals surface area contributed by atoms with Crippen molar-refractivity contribution in [2.45, 2.75) is 64.5 Å². The third-order valence-corrected chi connectivity index (χ3v) is 8.18. The standard InChI is InChI=1S/C31H43N3O4S/c1-22-10-8-9-13-25(22)27-20-24(14-15-26(27)29(35)32-28(30(36)37)17-19-39-4)21-34(31(38)33(2)3)18-16-23-11-6-5-7-12-23/h8-10,13-15,20,23,28H,5-7,11-12,16-19,21H2,1-4H3,(H,32,35)(H,36,37). The maximum atomic E-state index is 13.4. The Balaban J connectivity index is 1.91. The molecule has 0 bridgehead atoms. The zero-order chi connectivity index (χ0) is 28.4. The van der Waals surface area contributed by atoms with E-state index >= 15 is 0 Å². The first-order valence-corrected chi connectivity index (χ1v) is 15.3. The Labute approximate surface area is 237 Å². The predicted molar refractivity (Wildman–Crippen MR) is 159 cm³/mol. The van der Waals surface area contributed by atoms with Gasteiger partial charge >= 0.3 is 12.0 Å². The van der Waals surface area contributed by atoms with Gasteiger partial charge in [-0.25, -0.2) is 9.59 Å². The molecule has 0 heterocycles. The average molecular weight is 554 g/mol. The number of thioether (sulfide) groups is 1. The van der Waals surface area contributed by atoms with Gasteiger partial charge in [-0.15, -0.1) is 0 Å². The van der Waals surface area contributed by atoms with E-state index in [-0.39, 0.29) is 6.03 Å². The number of carboxylic acid groups (broad SMARTS) is 1. The summed E-state index contributed by atoms with van der Waals surface area (Å²) in [5.74, 6) is -0.149. The molecule has 1 fully saturated rings. The van der Waals surface area contributed by atoms with Crippen molar-refractivity contribution in [2.75, 3.05) is 32.6 Å². The average Bonchev–Trinajstić information content (AvgIpc) is 2.93. The number of benzene rings is 2. The van der Waals surface area contributed by atoms with Crippen LogP contribution in [-0.2, 0) is 11.3 Å². The van der Waals surface area contributed by atoms with E-state index in [1.54, 1.807) is 36.8 Å². The van der Waals surface area contributed by atoms with Gasteiger partial charge < -0.3 is 20.2 Å². The van der Waals surface area contributed by atoms with Gasteiger partial charge in [-0.2, -0.15) is 11.8 Å². The molecule has 1 aliphatic rings. The van der Waals surface area contributed by atoms with Gasteiger partial charge in [-0.3, -0.25) is 4.79 Å². The molecular formula is C31H43N3O4S. The molecule has 7 nitrogen and oxygen atoms in total. The molecule has 0 spiro atoms. The first-order valence-electron chi connectivity index (χ1n) is 13.9. The van der Waals surface area contributed by atoms with Crippen LogP contribution in [0.4, 0.5) is 4.79 Å². The van der Waals surface area contributed by atoms with Crippen molar-refractivity contribution < 1.29 is 19.5 Å². The van der Waals surface area contributed by atoms with Crippen LogP contribution >= 0.6 is 11.8 Å². The number of nitrogens with one attached hydrogen (secondary N) is 1. The number of carboxylic acids is 1. The highest BCUT2D eigenvalue weighted by Gasteiger charge is 2.24. The zero-order valence-corrected chi connectivity index (χ0v) is 24.6. The van der Waals surface area contributed by atoms with E-state index in [1.807, 2.05) is 54.5 Å². The van der Waals surface area contributed by atoms with Crippen molar-refractivity contribution in [3.05, 3.63) is 59.2 Å². The van der Waals surface area contributed by atoms with E-state index in [4.69, 9.17) is 0 Å². The van der Waals surface area contributed by atoms with E-state index < -0.39 is 17.9 Å². The van der Waals surface area contributed by atoms with Gasteiger partial charge in [0, 0.05) is 32.7 Å². The minimum Gasteiger partial charge on any atom is -0.480 e. The van der Waals surface area contributed by atoms with Crippen LogP contribution in [0.2, 0.25) is 0 Å². The van der Waals surface area contributed by atoms with Crippen molar-refractivity contribution in [2.24, 2.45) is 5.92 Å². The maximum absolute atomic E-state index is 13.4. The lowest BCUT2D eigenvalue weighted by molar-refractivity contribution is -0.139. The number of aliphatic carboxylic acids is 1. The second kappa shape index (κ2) is 15.0. The fourth-order valence-electron chi connectivity index (χ4n) is 5.27. The molecule has 1 unspecified atom stereocenters. The highest BCUT2D eigenvalue weighted by Crippen LogP contribution is 2.30. The van der Waals surface area contributed by atoms with Crippen molar-refractivity contribution in [3.8, 4) is 11.1 Å². The number of amides is 3. The van der Waals surface area contributed by atoms with Crippen LogP contribution in [0.1, 0.15) is 66.4 Å². The monoisotopic (exact) mass is 553 g/mol. The fourth-order valence-corrected chi connectivity index (χ4v) is 5.75. The van der Waals surface area contributed by atoms with Crippen LogP contribution in [0.3, 0.4) is 0 Å². The first kappa shape index (κ1) is 30.5. The van der Waals surface area contributed by atoms with Gasteiger partial charge in [0.1, 0.15) is 6.04 Å². The first-order chi connectivity index (χ1) is 18.7. The molecule has 39 heavy (non-hydrogen) atoms. The summed E-state index contributed by atoms with van der Waals surface area (Å²) in [6.07, 6.45) is 9.59. The van der Waals surface area contributed by atoms with E-state index in [0.29, 0.717) is 36.7 Å². The van der Waals surface area contributed by atoms with Gasteiger partial charge in [0.25, 0.3) is 5.91 Å². The molecule has 2 aromatic rings. The van der Waals surface area contributed by atoms with E-state index in [2.05, 4.69) is 5.32 Å². The van der Waals surface area contributed by atoms with Crippen LogP contribution in [0, 0.1) is 12.8 Å². The molecule has 212 valence electrons. The Bertz CT molecular complexity index is 1130. The van der Waals surface area contributed by atoms with Crippen LogP contribution in [0.25, 0.3) is 11.1 Å². The second-order valence-electron chi connectivity index (χ2n) is 10.7. The predicted octanol–water partition coefficient (Wildman–Crippen LogP) is 6.05. The van der Waals surface area contributed by atoms with Gasteiger partial charge in [0.05, 0.1) is 0 Å². The molecule has 2 aromatic carbocycles. The Kier molecular flexibility index (Phi) is 11.7. The lowest BCUT2D eigenvalue weighted by Gasteiger charge is -2.29. The topological polar surface area (TPSA) is 90.0 Å². The summed E-state index contributed by atoms with van der Waals surface area (Å²) in [4.78, 5) is 41.8. The number of aryl methyl sites for hydroxylation is 1. The maximum Gasteiger partial charge on any atom is 0.326 e. The SMILES string of the molecule is CSCCC(NC(=O)c1ccc(CN(CCC2CCCCC2)C(=O)N(C)C)cc1-c1ccccc1C)C(=O)O. The highest BCUT2D eigenvalue weighted by molar-refractivity contribution is 7.98. The third-order valence-electron chi connectivity index (χ3n) is 7.54. The van der Waals surface area contributed by atoms with Crippen LogP contribution in [0.15, 0.2) is 42.5 Å². The summed E-state index contributed by atoms with van der Waals surface area (Å²) in [7, 11) is 3.55. The van der Waals surface area contributed by atoms with Gasteiger partial charge in [0.15, 0.2) is 0 Å². The molecule has 1 atom stereocenters. The lowest BCUT2D eigenvalue weighted by Crippen LogP contribution is -2.41. The van der Waals surface area contributed by atoms with Crippen molar-refractivity contribution >= 4 is 29.7 Å². The van der Waals surface area contributed by atoms with Crippen molar-refractivity contribution in [1.82, 2.24) is 15.1 Å². The molecule has 0 saturated heterocycles. The third kappa shape index (κ3) is 8.75. The quantitative estimate of drug-likeness (QED) is 0.334. The molecule has 2 N–H and O–H groups in total. The molecule has 8 heteroatoms. The summed E-state index contributed by atoms with van der Waals surface area (Å²) >= 11 is 1.55. The van der Waals surface area contributed by atoms with Crippen LogP contribution in [0.5, 0.6) is 0 Å². The Morgan fingerprint density at radius 3 is 2.41 bits per heavy atom. The normalized spacial score (nSPS) is 14.5. The Morgan fingerprint density at radius 1 is 1.05 bits per heavy atom. The smallest absolute Gasteiger partial charge is 0.326 e. The van der Waals surface area contributed by atoms with E-state index in [9.17, 15) is 19.5 Å². The summed E-state index contributed by atoms with van der Waals surface area (Å²) in [6.45, 7) is 3.13.